The summed E-state index contributed by atoms with van der Waals surface area (Å²) >= 11 is 0. The molecule has 0 bridgehead atoms. The number of ether oxygens (including phenoxy) is 1. The van der Waals surface area contributed by atoms with Crippen molar-refractivity contribution in [2.75, 3.05) is 26.3 Å². The van der Waals surface area contributed by atoms with E-state index >= 15 is 0 Å². The van der Waals surface area contributed by atoms with Crippen LogP contribution < -0.4 is 5.32 Å². The summed E-state index contributed by atoms with van der Waals surface area (Å²) in [6.07, 6.45) is -4.59. The van der Waals surface area contributed by atoms with Gasteiger partial charge in [-0.2, -0.15) is 13.2 Å². The molecule has 0 aliphatic carbocycles. The van der Waals surface area contributed by atoms with Gasteiger partial charge < -0.3 is 15.0 Å². The molecule has 2 amide bonds. The summed E-state index contributed by atoms with van der Waals surface area (Å²) in [7, 11) is 0. The molecule has 0 aromatic carbocycles. The molecule has 0 aromatic rings. The maximum Gasteiger partial charge on any atom is 0.411 e. The molecule has 0 saturated carbocycles. The first kappa shape index (κ1) is 19.7. The number of rotatable bonds is 7. The van der Waals surface area contributed by atoms with E-state index in [9.17, 15) is 22.8 Å². The molecule has 0 spiro atoms. The minimum absolute atomic E-state index is 0.119. The molecule has 0 atom stereocenters. The predicted octanol–water partition coefficient (Wildman–Crippen LogP) is 1.72. The summed E-state index contributed by atoms with van der Waals surface area (Å²) in [4.78, 5) is 24.8. The summed E-state index contributed by atoms with van der Waals surface area (Å²) in [6, 6.07) is 0. The Hall–Kier alpha value is -1.31. The first-order chi connectivity index (χ1) is 9.44. The van der Waals surface area contributed by atoms with Gasteiger partial charge in [0.2, 0.25) is 11.8 Å². The van der Waals surface area contributed by atoms with Gasteiger partial charge in [0.15, 0.2) is 0 Å². The van der Waals surface area contributed by atoms with Gasteiger partial charge in [0.05, 0.1) is 19.6 Å². The zero-order chi connectivity index (χ0) is 16.7. The normalized spacial score (nSPS) is 12.1. The fourth-order valence-electron chi connectivity index (χ4n) is 1.51. The number of halogens is 3. The van der Waals surface area contributed by atoms with E-state index in [1.54, 1.807) is 6.92 Å². The highest BCUT2D eigenvalue weighted by atomic mass is 19.4. The number of alkyl halides is 3. The Bertz CT molecular complexity index is 352. The number of hydrogen-bond acceptors (Lipinski definition) is 3. The number of nitrogens with zero attached hydrogens (tertiary/aromatic N) is 1. The van der Waals surface area contributed by atoms with Gasteiger partial charge in [0.1, 0.15) is 6.61 Å². The number of carbonyl (C=O) groups excluding carboxylic acids is 2. The third kappa shape index (κ3) is 11.1. The highest BCUT2D eigenvalue weighted by Gasteiger charge is 2.27. The molecule has 21 heavy (non-hydrogen) atoms. The first-order valence-corrected chi connectivity index (χ1v) is 6.68. The molecular weight excluding hydrogens is 289 g/mol. The van der Waals surface area contributed by atoms with Gasteiger partial charge in [-0.25, -0.2) is 0 Å². The maximum atomic E-state index is 11.9. The van der Waals surface area contributed by atoms with Gasteiger partial charge in [-0.15, -0.1) is 0 Å². The van der Waals surface area contributed by atoms with E-state index in [4.69, 9.17) is 0 Å². The van der Waals surface area contributed by atoms with E-state index in [1.165, 1.54) is 4.90 Å². The molecule has 5 nitrogen and oxygen atoms in total. The lowest BCUT2D eigenvalue weighted by atomic mass is 10.1. The van der Waals surface area contributed by atoms with Gasteiger partial charge in [0, 0.05) is 12.1 Å². The van der Waals surface area contributed by atoms with Crippen molar-refractivity contribution in [1.29, 1.82) is 0 Å². The average Bonchev–Trinajstić information content (AvgIpc) is 2.27. The van der Waals surface area contributed by atoms with Crippen LogP contribution in [0.25, 0.3) is 0 Å². The summed E-state index contributed by atoms with van der Waals surface area (Å²) in [5.41, 5.74) is -0.407. The number of amides is 2. The lowest BCUT2D eigenvalue weighted by Gasteiger charge is -2.25. The minimum Gasteiger partial charge on any atom is -0.372 e. The number of likely N-dealkylation sites (N-methyl/N-ethyl adjacent to an activating group) is 1. The fourth-order valence-corrected chi connectivity index (χ4v) is 1.51. The van der Waals surface area contributed by atoms with Crippen LogP contribution in [-0.2, 0) is 14.3 Å². The monoisotopic (exact) mass is 312 g/mol. The second-order valence-electron chi connectivity index (χ2n) is 5.62. The molecule has 0 saturated heterocycles. The van der Waals surface area contributed by atoms with Crippen LogP contribution in [-0.4, -0.2) is 54.7 Å². The fraction of sp³-hybridized carbons (Fsp3) is 0.846. The van der Waals surface area contributed by atoms with Crippen molar-refractivity contribution in [2.45, 2.75) is 45.8 Å². The third-order valence-corrected chi connectivity index (χ3v) is 2.31. The smallest absolute Gasteiger partial charge is 0.372 e. The lowest BCUT2D eigenvalue weighted by Crippen LogP contribution is -2.47. The van der Waals surface area contributed by atoms with Crippen LogP contribution in [0.3, 0.4) is 0 Å². The van der Waals surface area contributed by atoms with E-state index in [1.807, 2.05) is 20.8 Å². The number of nitrogens with one attached hydrogen (secondary N) is 1. The van der Waals surface area contributed by atoms with Crippen LogP contribution in [0.4, 0.5) is 13.2 Å². The van der Waals surface area contributed by atoms with Gasteiger partial charge in [-0.1, -0.05) is 0 Å². The van der Waals surface area contributed by atoms with Crippen molar-refractivity contribution in [2.24, 2.45) is 0 Å². The Balaban J connectivity index is 4.16. The van der Waals surface area contributed by atoms with E-state index in [0.717, 1.165) is 0 Å². The molecule has 0 unspecified atom stereocenters. The van der Waals surface area contributed by atoms with Gasteiger partial charge in [-0.3, -0.25) is 9.59 Å². The summed E-state index contributed by atoms with van der Waals surface area (Å²) < 4.78 is 40.0. The third-order valence-electron chi connectivity index (χ3n) is 2.31. The second kappa shape index (κ2) is 8.21. The Labute approximate surface area is 122 Å². The predicted molar refractivity (Wildman–Crippen MR) is 71.6 cm³/mol. The van der Waals surface area contributed by atoms with Crippen molar-refractivity contribution in [1.82, 2.24) is 10.2 Å². The number of carbonyl (C=O) groups is 2. The molecule has 1 N–H and O–H groups in total. The number of hydrogen-bond donors (Lipinski definition) is 1. The summed E-state index contributed by atoms with van der Waals surface area (Å²) in [6.45, 7) is 5.61. The highest BCUT2D eigenvalue weighted by Crippen LogP contribution is 2.14. The minimum atomic E-state index is -4.40. The molecule has 0 rings (SSSR count). The summed E-state index contributed by atoms with van der Waals surface area (Å²) in [5, 5.41) is 2.71. The molecule has 0 fully saturated rings. The van der Waals surface area contributed by atoms with Crippen molar-refractivity contribution < 1.29 is 27.5 Å². The van der Waals surface area contributed by atoms with Crippen molar-refractivity contribution in [3.63, 3.8) is 0 Å². The van der Waals surface area contributed by atoms with E-state index in [2.05, 4.69) is 10.1 Å². The molecule has 0 aliphatic rings. The Morgan fingerprint density at radius 3 is 2.19 bits per heavy atom. The van der Waals surface area contributed by atoms with Crippen molar-refractivity contribution in [3.8, 4) is 0 Å². The topological polar surface area (TPSA) is 58.6 Å². The van der Waals surface area contributed by atoms with Crippen LogP contribution in [0, 0.1) is 0 Å². The van der Waals surface area contributed by atoms with Gasteiger partial charge in [-0.05, 0) is 27.7 Å². The zero-order valence-corrected chi connectivity index (χ0v) is 12.8. The zero-order valence-electron chi connectivity index (χ0n) is 12.8. The van der Waals surface area contributed by atoms with Crippen LogP contribution in [0.5, 0.6) is 0 Å². The second-order valence-corrected chi connectivity index (χ2v) is 5.62. The largest absolute Gasteiger partial charge is 0.411 e. The Kier molecular flexibility index (Phi) is 7.70. The molecule has 0 heterocycles. The molecule has 0 aromatic heterocycles. The van der Waals surface area contributed by atoms with Gasteiger partial charge in [0.25, 0.3) is 0 Å². The van der Waals surface area contributed by atoms with E-state index < -0.39 is 24.2 Å². The summed E-state index contributed by atoms with van der Waals surface area (Å²) in [5.74, 6) is -0.724. The van der Waals surface area contributed by atoms with Crippen LogP contribution in [0.15, 0.2) is 0 Å². The molecule has 0 aliphatic heterocycles. The standard InChI is InChI=1S/C13H23F3N2O3/c1-5-18(8-10(19)17-12(2,3)4)11(20)6-7-21-9-13(14,15)16/h5-9H2,1-4H3,(H,17,19). The van der Waals surface area contributed by atoms with Crippen molar-refractivity contribution in [3.05, 3.63) is 0 Å². The molecule has 8 heteroatoms. The van der Waals surface area contributed by atoms with E-state index in [-0.39, 0.29) is 25.5 Å². The lowest BCUT2D eigenvalue weighted by molar-refractivity contribution is -0.175. The Morgan fingerprint density at radius 1 is 1.19 bits per heavy atom. The SMILES string of the molecule is CCN(CC(=O)NC(C)(C)C)C(=O)CCOCC(F)(F)F. The van der Waals surface area contributed by atoms with E-state index in [0.29, 0.717) is 6.54 Å². The highest BCUT2D eigenvalue weighted by molar-refractivity contribution is 5.85. The maximum absolute atomic E-state index is 11.9. The first-order valence-electron chi connectivity index (χ1n) is 6.68. The quantitative estimate of drug-likeness (QED) is 0.728. The Morgan fingerprint density at radius 2 is 1.76 bits per heavy atom. The van der Waals surface area contributed by atoms with Crippen molar-refractivity contribution >= 4 is 11.8 Å². The molecule has 0 radical (unpaired) electrons. The average molecular weight is 312 g/mol. The molecular formula is C13H23F3N2O3. The van der Waals surface area contributed by atoms with Crippen LogP contribution in [0.2, 0.25) is 0 Å². The van der Waals surface area contributed by atoms with Crippen LogP contribution in [0.1, 0.15) is 34.1 Å². The van der Waals surface area contributed by atoms with Gasteiger partial charge >= 0.3 is 6.18 Å². The molecule has 124 valence electrons. The van der Waals surface area contributed by atoms with Crippen LogP contribution >= 0.6 is 0 Å².